The van der Waals surface area contributed by atoms with Crippen LogP contribution in [-0.4, -0.2) is 40.0 Å². The normalized spacial score (nSPS) is 15.8. The van der Waals surface area contributed by atoms with Gasteiger partial charge in [0.05, 0.1) is 11.1 Å². The number of alkyl carbamates (subject to hydrolysis) is 1. The summed E-state index contributed by atoms with van der Waals surface area (Å²) in [6, 6.07) is 15.7. The van der Waals surface area contributed by atoms with Crippen LogP contribution in [0.15, 0.2) is 54.6 Å². The zero-order valence-corrected chi connectivity index (χ0v) is 18.6. The van der Waals surface area contributed by atoms with E-state index in [9.17, 15) is 23.8 Å². The van der Waals surface area contributed by atoms with Gasteiger partial charge in [-0.05, 0) is 43.9 Å². The van der Waals surface area contributed by atoms with E-state index >= 15 is 0 Å². The lowest BCUT2D eigenvalue weighted by Crippen LogP contribution is -2.47. The summed E-state index contributed by atoms with van der Waals surface area (Å²) in [5.74, 6) is -0.680. The Morgan fingerprint density at radius 3 is 2.22 bits per heavy atom. The van der Waals surface area contributed by atoms with Crippen LogP contribution in [0.2, 0.25) is 0 Å². The lowest BCUT2D eigenvalue weighted by molar-refractivity contribution is 0.0296. The van der Waals surface area contributed by atoms with Gasteiger partial charge >= 0.3 is 14.3 Å². The number of fused-ring (bicyclic) bond motifs is 1. The van der Waals surface area contributed by atoms with Gasteiger partial charge in [0.2, 0.25) is 0 Å². The Labute approximate surface area is 186 Å². The first-order chi connectivity index (χ1) is 15.3. The quantitative estimate of drug-likeness (QED) is 0.241. The average Bonchev–Trinajstić information content (AvgIpc) is 3.00. The molecule has 2 unspecified atom stereocenters. The summed E-state index contributed by atoms with van der Waals surface area (Å²) in [7, 11) is -3.35. The van der Waals surface area contributed by atoms with Crippen LogP contribution in [0.1, 0.15) is 52.5 Å². The van der Waals surface area contributed by atoms with E-state index in [1.807, 2.05) is 18.2 Å². The van der Waals surface area contributed by atoms with Crippen molar-refractivity contribution in [2.24, 2.45) is 0 Å². The van der Waals surface area contributed by atoms with E-state index in [4.69, 9.17) is 9.26 Å². The second-order valence-corrected chi connectivity index (χ2v) is 8.29. The molecule has 0 aromatic heterocycles. The molecule has 170 valence electrons. The smallest absolute Gasteiger partial charge is 0.409 e. The molecule has 32 heavy (non-hydrogen) atoms. The molecule has 1 aliphatic heterocycles. The van der Waals surface area contributed by atoms with Crippen LogP contribution in [0.25, 0.3) is 0 Å². The maximum Gasteiger partial charge on any atom is 0.409 e. The van der Waals surface area contributed by atoms with Gasteiger partial charge in [0, 0.05) is 6.54 Å². The van der Waals surface area contributed by atoms with Crippen LogP contribution in [0.5, 0.6) is 0 Å². The number of hydrogen-bond donors (Lipinski definition) is 2. The topological polar surface area (TPSA) is 122 Å². The Kier molecular flexibility index (Phi) is 7.80. The largest absolute Gasteiger partial charge is 0.445 e. The maximum absolute atomic E-state index is 12.4. The van der Waals surface area contributed by atoms with Crippen molar-refractivity contribution in [2.75, 3.05) is 6.54 Å². The molecule has 2 N–H and O–H groups in total. The number of carbonyl (C=O) groups excluding carboxylic acids is 3. The Balaban J connectivity index is 1.50. The number of carbonyl (C=O) groups is 3. The second-order valence-electron chi connectivity index (χ2n) is 7.55. The summed E-state index contributed by atoms with van der Waals surface area (Å²) in [4.78, 5) is 47.4. The third-order valence-corrected chi connectivity index (χ3v) is 5.68. The van der Waals surface area contributed by atoms with Gasteiger partial charge in [-0.15, -0.1) is 0 Å². The minimum atomic E-state index is -3.35. The SMILES string of the molecule is CC(CCCCN1C(=O)c2ccccc2C1=O)(NC(=O)OCc1ccccc1)O[PH](=O)O. The minimum Gasteiger partial charge on any atom is -0.445 e. The minimum absolute atomic E-state index is 0.0385. The third kappa shape index (κ3) is 6.03. The maximum atomic E-state index is 12.4. The standard InChI is InChI=1S/C22H25N2O7P/c1-22(31-32(28)29,23-21(27)30-15-16-9-3-2-4-10-16)13-7-8-14-24-19(25)17-11-5-6-12-18(17)20(24)26/h2-6,9-12,32H,7-8,13-15H2,1H3,(H,23,27)(H,28,29). The predicted molar refractivity (Wildman–Crippen MR) is 116 cm³/mol. The Morgan fingerprint density at radius 2 is 1.62 bits per heavy atom. The number of amides is 3. The lowest BCUT2D eigenvalue weighted by atomic mass is 10.1. The van der Waals surface area contributed by atoms with Crippen molar-refractivity contribution in [2.45, 2.75) is 38.5 Å². The van der Waals surface area contributed by atoms with Crippen LogP contribution >= 0.6 is 8.25 Å². The van der Waals surface area contributed by atoms with Crippen LogP contribution in [0.3, 0.4) is 0 Å². The van der Waals surface area contributed by atoms with Crippen LogP contribution in [0.4, 0.5) is 4.79 Å². The highest BCUT2D eigenvalue weighted by Gasteiger charge is 2.35. The number of hydrogen-bond acceptors (Lipinski definition) is 6. The fraction of sp³-hybridized carbons (Fsp3) is 0.318. The lowest BCUT2D eigenvalue weighted by Gasteiger charge is -2.29. The highest BCUT2D eigenvalue weighted by atomic mass is 31.1. The molecular formula is C22H25N2O7P. The average molecular weight is 460 g/mol. The summed E-state index contributed by atoms with van der Waals surface area (Å²) in [6.45, 7) is 1.70. The molecule has 0 spiro atoms. The van der Waals surface area contributed by atoms with Crippen molar-refractivity contribution >= 4 is 26.2 Å². The van der Waals surface area contributed by atoms with Gasteiger partial charge in [-0.1, -0.05) is 42.5 Å². The van der Waals surface area contributed by atoms with Crippen molar-refractivity contribution in [3.05, 3.63) is 71.3 Å². The van der Waals surface area contributed by atoms with E-state index in [-0.39, 0.29) is 31.4 Å². The molecule has 2 aromatic rings. The van der Waals surface area contributed by atoms with Crippen molar-refractivity contribution in [3.8, 4) is 0 Å². The zero-order valence-electron chi connectivity index (χ0n) is 17.6. The van der Waals surface area contributed by atoms with E-state index in [1.54, 1.807) is 36.4 Å². The molecule has 0 bridgehead atoms. The molecule has 0 radical (unpaired) electrons. The highest BCUT2D eigenvalue weighted by molar-refractivity contribution is 7.32. The fourth-order valence-corrected chi connectivity index (χ4v) is 4.02. The molecule has 3 amide bonds. The van der Waals surface area contributed by atoms with Gasteiger partial charge in [0.1, 0.15) is 12.3 Å². The molecule has 0 saturated carbocycles. The molecule has 10 heteroatoms. The summed E-state index contributed by atoms with van der Waals surface area (Å²) in [5.41, 5.74) is 0.113. The summed E-state index contributed by atoms with van der Waals surface area (Å²) in [5, 5.41) is 2.49. The second kappa shape index (κ2) is 10.5. The number of imide groups is 1. The first-order valence-electron chi connectivity index (χ1n) is 10.1. The third-order valence-electron chi connectivity index (χ3n) is 5.06. The summed E-state index contributed by atoms with van der Waals surface area (Å²) in [6.07, 6.45) is 0.225. The van der Waals surface area contributed by atoms with E-state index in [0.717, 1.165) is 5.56 Å². The molecular weight excluding hydrogens is 435 g/mol. The number of rotatable bonds is 10. The van der Waals surface area contributed by atoms with Gasteiger partial charge in [-0.25, -0.2) is 4.79 Å². The fourth-order valence-electron chi connectivity index (χ4n) is 3.48. The van der Waals surface area contributed by atoms with E-state index < -0.39 is 20.1 Å². The van der Waals surface area contributed by atoms with E-state index in [2.05, 4.69) is 5.32 Å². The van der Waals surface area contributed by atoms with Gasteiger partial charge in [0.25, 0.3) is 11.8 Å². The number of nitrogens with zero attached hydrogens (tertiary/aromatic N) is 1. The highest BCUT2D eigenvalue weighted by Crippen LogP contribution is 2.29. The first-order valence-corrected chi connectivity index (χ1v) is 11.4. The molecule has 2 atom stereocenters. The number of ether oxygens (including phenoxy) is 1. The molecule has 3 rings (SSSR count). The number of nitrogens with one attached hydrogen (secondary N) is 1. The van der Waals surface area contributed by atoms with Crippen LogP contribution < -0.4 is 5.32 Å². The van der Waals surface area contributed by atoms with Crippen molar-refractivity contribution in [1.82, 2.24) is 10.2 Å². The van der Waals surface area contributed by atoms with Gasteiger partial charge in [-0.3, -0.25) is 28.9 Å². The summed E-state index contributed by atoms with van der Waals surface area (Å²) < 4.78 is 21.5. The zero-order chi connectivity index (χ0) is 23.1. The number of unbranched alkanes of at least 4 members (excludes halogenated alkanes) is 1. The molecule has 1 heterocycles. The van der Waals surface area contributed by atoms with Gasteiger partial charge in [0.15, 0.2) is 0 Å². The van der Waals surface area contributed by atoms with Crippen molar-refractivity contribution < 1.29 is 33.1 Å². The molecule has 2 aromatic carbocycles. The molecule has 9 nitrogen and oxygen atoms in total. The Morgan fingerprint density at radius 1 is 1.03 bits per heavy atom. The van der Waals surface area contributed by atoms with Crippen molar-refractivity contribution in [1.29, 1.82) is 0 Å². The summed E-state index contributed by atoms with van der Waals surface area (Å²) >= 11 is 0. The Bertz CT molecular complexity index is 979. The molecule has 1 aliphatic rings. The monoisotopic (exact) mass is 460 g/mol. The van der Waals surface area contributed by atoms with Crippen LogP contribution in [0, 0.1) is 0 Å². The molecule has 0 aliphatic carbocycles. The predicted octanol–water partition coefficient (Wildman–Crippen LogP) is 3.49. The van der Waals surface area contributed by atoms with Crippen molar-refractivity contribution in [3.63, 3.8) is 0 Å². The number of benzene rings is 2. The molecule has 0 saturated heterocycles. The first kappa shape index (κ1) is 23.7. The van der Waals surface area contributed by atoms with Crippen LogP contribution in [-0.2, 0) is 20.4 Å². The Hall–Kier alpha value is -3.00. The van der Waals surface area contributed by atoms with Gasteiger partial charge in [-0.2, -0.15) is 0 Å². The van der Waals surface area contributed by atoms with E-state index in [1.165, 1.54) is 11.8 Å². The van der Waals surface area contributed by atoms with E-state index in [0.29, 0.717) is 24.0 Å². The molecule has 0 fully saturated rings. The van der Waals surface area contributed by atoms with Gasteiger partial charge < -0.3 is 9.63 Å².